The Bertz CT molecular complexity index is 1460. The van der Waals surface area contributed by atoms with Crippen molar-refractivity contribution in [3.05, 3.63) is 89.5 Å². The third-order valence-electron chi connectivity index (χ3n) is 6.82. The Hall–Kier alpha value is -4.38. The number of ether oxygens (including phenoxy) is 1. The molecule has 1 saturated heterocycles. The van der Waals surface area contributed by atoms with E-state index < -0.39 is 0 Å². The molecule has 1 aliphatic heterocycles. The lowest BCUT2D eigenvalue weighted by atomic mass is 9.98. The summed E-state index contributed by atoms with van der Waals surface area (Å²) in [6.45, 7) is 4.44. The molecule has 1 fully saturated rings. The van der Waals surface area contributed by atoms with E-state index in [0.717, 1.165) is 48.4 Å². The second kappa shape index (κ2) is 11.3. The molecule has 7 nitrogen and oxygen atoms in total. The molecule has 3 aromatic carbocycles. The summed E-state index contributed by atoms with van der Waals surface area (Å²) in [4.78, 5) is 9.22. The number of phenolic OH excluding ortho intramolecular Hbond substituents is 1. The van der Waals surface area contributed by atoms with Gasteiger partial charge in [-0.05, 0) is 30.3 Å². The van der Waals surface area contributed by atoms with Gasteiger partial charge in [-0.25, -0.2) is 4.99 Å². The Morgan fingerprint density at radius 2 is 1.66 bits per heavy atom. The second-order valence-electron chi connectivity index (χ2n) is 9.40. The predicted octanol–water partition coefficient (Wildman–Crippen LogP) is 5.70. The molecular weight excluding hydrogens is 476 g/mol. The first kappa shape index (κ1) is 25.3. The Morgan fingerprint density at radius 3 is 2.29 bits per heavy atom. The van der Waals surface area contributed by atoms with Gasteiger partial charge in [0, 0.05) is 55.6 Å². The van der Waals surface area contributed by atoms with Crippen LogP contribution in [-0.4, -0.2) is 61.5 Å². The molecule has 1 N–H and O–H groups in total. The predicted molar refractivity (Wildman–Crippen MR) is 149 cm³/mol. The van der Waals surface area contributed by atoms with Crippen LogP contribution in [-0.2, 0) is 6.54 Å². The van der Waals surface area contributed by atoms with Crippen LogP contribution in [0.4, 0.5) is 5.88 Å². The molecule has 1 aliphatic rings. The lowest BCUT2D eigenvalue weighted by Gasteiger charge is -2.32. The number of methoxy groups -OCH3 is 1. The van der Waals surface area contributed by atoms with Crippen LogP contribution in [0.2, 0.25) is 0 Å². The number of nitriles is 1. The molecule has 0 spiro atoms. The molecule has 0 unspecified atom stereocenters. The maximum absolute atomic E-state index is 10.8. The Kier molecular flexibility index (Phi) is 7.55. The molecule has 0 atom stereocenters. The number of piperazine rings is 1. The van der Waals surface area contributed by atoms with Crippen molar-refractivity contribution in [2.24, 2.45) is 4.99 Å². The van der Waals surface area contributed by atoms with E-state index in [1.807, 2.05) is 66.7 Å². The van der Waals surface area contributed by atoms with Gasteiger partial charge in [0.25, 0.3) is 0 Å². The smallest absolute Gasteiger partial charge is 0.238 e. The number of phenols is 1. The maximum Gasteiger partial charge on any atom is 0.238 e. The number of aliphatic imine (C=N–C) groups is 1. The van der Waals surface area contributed by atoms with Gasteiger partial charge in [-0.1, -0.05) is 60.7 Å². The summed E-state index contributed by atoms with van der Waals surface area (Å²) in [6.07, 6.45) is 1.65. The zero-order valence-electron chi connectivity index (χ0n) is 21.6. The minimum Gasteiger partial charge on any atom is -0.504 e. The second-order valence-corrected chi connectivity index (χ2v) is 9.40. The van der Waals surface area contributed by atoms with Gasteiger partial charge in [0.1, 0.15) is 17.4 Å². The first-order chi connectivity index (χ1) is 18.6. The summed E-state index contributed by atoms with van der Waals surface area (Å²) >= 11 is 0. The highest BCUT2D eigenvalue weighted by atomic mass is 16.5. The normalized spacial score (nSPS) is 14.6. The lowest BCUT2D eigenvalue weighted by molar-refractivity contribution is 0.147. The van der Waals surface area contributed by atoms with Crippen molar-refractivity contribution in [1.82, 2.24) is 9.80 Å². The van der Waals surface area contributed by atoms with Gasteiger partial charge in [0.2, 0.25) is 5.88 Å². The summed E-state index contributed by atoms with van der Waals surface area (Å²) in [5.41, 5.74) is 4.34. The number of rotatable bonds is 7. The van der Waals surface area contributed by atoms with Crippen LogP contribution in [0.15, 0.2) is 82.2 Å². The van der Waals surface area contributed by atoms with Crippen LogP contribution in [0.1, 0.15) is 16.7 Å². The average molecular weight is 507 g/mol. The van der Waals surface area contributed by atoms with E-state index in [1.165, 1.54) is 7.11 Å². The third-order valence-corrected chi connectivity index (χ3v) is 6.82. The molecule has 0 radical (unpaired) electrons. The van der Waals surface area contributed by atoms with Crippen molar-refractivity contribution < 1.29 is 14.3 Å². The summed E-state index contributed by atoms with van der Waals surface area (Å²) in [7, 11) is 3.65. The van der Waals surface area contributed by atoms with Crippen molar-refractivity contribution in [2.45, 2.75) is 6.54 Å². The minimum atomic E-state index is 0.136. The fourth-order valence-electron chi connectivity index (χ4n) is 4.71. The Balaban J connectivity index is 1.53. The monoisotopic (exact) mass is 506 g/mol. The largest absolute Gasteiger partial charge is 0.504 e. The first-order valence-corrected chi connectivity index (χ1v) is 12.6. The van der Waals surface area contributed by atoms with Gasteiger partial charge in [-0.2, -0.15) is 5.26 Å². The van der Waals surface area contributed by atoms with E-state index in [1.54, 1.807) is 12.3 Å². The molecule has 7 heteroatoms. The SMILES string of the molecule is COc1cc(/C=N/c2oc(-c3ccccc3)c(-c3ccccc3)c2C#N)cc(CN2CCN(C)CC2)c1O. The molecule has 0 amide bonds. The van der Waals surface area contributed by atoms with Crippen molar-refractivity contribution in [1.29, 1.82) is 5.26 Å². The number of aromatic hydroxyl groups is 1. The van der Waals surface area contributed by atoms with Crippen LogP contribution in [0.5, 0.6) is 11.5 Å². The average Bonchev–Trinajstić information content (AvgIpc) is 3.34. The van der Waals surface area contributed by atoms with Crippen LogP contribution in [0, 0.1) is 11.3 Å². The highest BCUT2D eigenvalue weighted by molar-refractivity contribution is 5.90. The van der Waals surface area contributed by atoms with Crippen LogP contribution >= 0.6 is 0 Å². The minimum absolute atomic E-state index is 0.136. The highest BCUT2D eigenvalue weighted by Crippen LogP contribution is 2.42. The Labute approximate surface area is 222 Å². The van der Waals surface area contributed by atoms with Crippen LogP contribution in [0.3, 0.4) is 0 Å². The molecule has 192 valence electrons. The number of hydrogen-bond acceptors (Lipinski definition) is 7. The summed E-state index contributed by atoms with van der Waals surface area (Å²) in [6, 6.07) is 25.4. The van der Waals surface area contributed by atoms with E-state index in [2.05, 4.69) is 27.9 Å². The standard InChI is InChI=1S/C31H30N4O3/c1-34-13-15-35(16-14-34)21-25-17-22(18-27(37-2)29(25)36)20-33-31-26(19-32)28(23-9-5-3-6-10-23)30(38-31)24-11-7-4-8-12-24/h3-12,17-18,20,36H,13-16,21H2,1-2H3/b33-20+. The summed E-state index contributed by atoms with van der Waals surface area (Å²) < 4.78 is 11.7. The molecule has 4 aromatic rings. The van der Waals surface area contributed by atoms with Crippen molar-refractivity contribution in [3.63, 3.8) is 0 Å². The quantitative estimate of drug-likeness (QED) is 0.324. The highest BCUT2D eigenvalue weighted by Gasteiger charge is 2.23. The van der Waals surface area contributed by atoms with Crippen LogP contribution < -0.4 is 4.74 Å². The van der Waals surface area contributed by atoms with E-state index in [4.69, 9.17) is 9.15 Å². The van der Waals surface area contributed by atoms with Crippen molar-refractivity contribution >= 4 is 12.1 Å². The van der Waals surface area contributed by atoms with E-state index in [-0.39, 0.29) is 11.6 Å². The third kappa shape index (κ3) is 5.32. The number of benzene rings is 3. The van der Waals surface area contributed by atoms with Gasteiger partial charge in [0.15, 0.2) is 11.5 Å². The molecule has 38 heavy (non-hydrogen) atoms. The van der Waals surface area contributed by atoms with Gasteiger partial charge < -0.3 is 19.2 Å². The molecule has 1 aromatic heterocycles. The molecule has 0 aliphatic carbocycles. The molecule has 0 saturated carbocycles. The zero-order chi connectivity index (χ0) is 26.5. The maximum atomic E-state index is 10.8. The Morgan fingerprint density at radius 1 is 1.00 bits per heavy atom. The zero-order valence-corrected chi connectivity index (χ0v) is 21.6. The molecule has 5 rings (SSSR count). The topological polar surface area (TPSA) is 85.2 Å². The fourth-order valence-corrected chi connectivity index (χ4v) is 4.71. The van der Waals surface area contributed by atoms with Crippen molar-refractivity contribution in [2.75, 3.05) is 40.3 Å². The summed E-state index contributed by atoms with van der Waals surface area (Å²) in [5.74, 6) is 1.35. The molecule has 2 heterocycles. The van der Waals surface area contributed by atoms with Gasteiger partial charge in [-0.15, -0.1) is 0 Å². The van der Waals surface area contributed by atoms with Gasteiger partial charge in [-0.3, -0.25) is 4.90 Å². The summed E-state index contributed by atoms with van der Waals surface area (Å²) in [5, 5.41) is 20.9. The number of likely N-dealkylation sites (N-methyl/N-ethyl adjacent to an activating group) is 1. The van der Waals surface area contributed by atoms with Crippen LogP contribution in [0.25, 0.3) is 22.5 Å². The number of furan rings is 1. The first-order valence-electron chi connectivity index (χ1n) is 12.6. The lowest BCUT2D eigenvalue weighted by Crippen LogP contribution is -2.43. The van der Waals surface area contributed by atoms with E-state index >= 15 is 0 Å². The van der Waals surface area contributed by atoms with Gasteiger partial charge >= 0.3 is 0 Å². The van der Waals surface area contributed by atoms with E-state index in [0.29, 0.717) is 29.2 Å². The number of hydrogen-bond donors (Lipinski definition) is 1. The van der Waals surface area contributed by atoms with E-state index in [9.17, 15) is 10.4 Å². The fraction of sp³-hybridized carbons (Fsp3) is 0.226. The van der Waals surface area contributed by atoms with Gasteiger partial charge in [0.05, 0.1) is 7.11 Å². The van der Waals surface area contributed by atoms with Crippen molar-refractivity contribution in [3.8, 4) is 40.0 Å². The molecular formula is C31H30N4O3. The molecule has 0 bridgehead atoms. The number of nitrogens with zero attached hydrogens (tertiary/aromatic N) is 4.